The highest BCUT2D eigenvalue weighted by Gasteiger charge is 2.39. The van der Waals surface area contributed by atoms with E-state index in [0.717, 1.165) is 37.6 Å². The molecule has 0 aliphatic carbocycles. The summed E-state index contributed by atoms with van der Waals surface area (Å²) >= 11 is 3.50. The number of amides is 1. The molecule has 0 bridgehead atoms. The Morgan fingerprint density at radius 1 is 1.45 bits per heavy atom. The second kappa shape index (κ2) is 7.25. The van der Waals surface area contributed by atoms with Crippen LogP contribution in [0.5, 0.6) is 0 Å². The monoisotopic (exact) mass is 337 g/mol. The van der Waals surface area contributed by atoms with Gasteiger partial charge in [-0.25, -0.2) is 4.31 Å². The maximum absolute atomic E-state index is 12.8. The summed E-state index contributed by atoms with van der Waals surface area (Å²) in [5, 5.41) is 0. The Balaban J connectivity index is 1.58. The van der Waals surface area contributed by atoms with Gasteiger partial charge in [-0.15, -0.1) is 0 Å². The van der Waals surface area contributed by atoms with Crippen molar-refractivity contribution >= 4 is 29.6 Å². The molecule has 1 amide bonds. The zero-order valence-electron chi connectivity index (χ0n) is 12.9. The van der Waals surface area contributed by atoms with Crippen LogP contribution >= 0.6 is 23.7 Å². The minimum absolute atomic E-state index is 0.0168. The average molecular weight is 338 g/mol. The van der Waals surface area contributed by atoms with Crippen LogP contribution in [0.3, 0.4) is 0 Å². The molecule has 0 saturated carbocycles. The van der Waals surface area contributed by atoms with E-state index in [1.54, 1.807) is 23.7 Å². The second-order valence-corrected chi connectivity index (χ2v) is 7.88. The fourth-order valence-electron chi connectivity index (χ4n) is 3.02. The van der Waals surface area contributed by atoms with Crippen LogP contribution in [0.2, 0.25) is 0 Å². The lowest BCUT2D eigenvalue weighted by Crippen LogP contribution is -2.57. The number of hydrogen-bond donors (Lipinski definition) is 1. The third-order valence-corrected chi connectivity index (χ3v) is 6.23. The van der Waals surface area contributed by atoms with E-state index in [-0.39, 0.29) is 18.0 Å². The SMILES string of the molecule is CSC[C@H](N)CN1SC[C@H]1C(=O)N1CCc2ccccc2C1. The minimum Gasteiger partial charge on any atom is -0.337 e. The smallest absolute Gasteiger partial charge is 0.242 e. The molecule has 120 valence electrons. The van der Waals surface area contributed by atoms with Gasteiger partial charge < -0.3 is 10.6 Å². The molecule has 0 unspecified atom stereocenters. The van der Waals surface area contributed by atoms with Crippen molar-refractivity contribution < 1.29 is 4.79 Å². The van der Waals surface area contributed by atoms with Crippen molar-refractivity contribution in [3.8, 4) is 0 Å². The molecule has 4 nitrogen and oxygen atoms in total. The van der Waals surface area contributed by atoms with Crippen molar-refractivity contribution in [2.75, 3.05) is 30.9 Å². The van der Waals surface area contributed by atoms with Crippen molar-refractivity contribution in [3.63, 3.8) is 0 Å². The molecule has 2 heterocycles. The van der Waals surface area contributed by atoms with E-state index in [1.807, 2.05) is 4.90 Å². The average Bonchev–Trinajstić information content (AvgIpc) is 2.51. The summed E-state index contributed by atoms with van der Waals surface area (Å²) in [5.74, 6) is 2.10. The fraction of sp³-hybridized carbons (Fsp3) is 0.562. The number of benzene rings is 1. The third-order valence-electron chi connectivity index (χ3n) is 4.27. The molecule has 2 N–H and O–H groups in total. The van der Waals surface area contributed by atoms with E-state index in [9.17, 15) is 4.79 Å². The van der Waals surface area contributed by atoms with Gasteiger partial charge in [0.25, 0.3) is 0 Å². The zero-order chi connectivity index (χ0) is 15.5. The van der Waals surface area contributed by atoms with Crippen LogP contribution in [0.4, 0.5) is 0 Å². The molecule has 6 heteroatoms. The minimum atomic E-state index is 0.0168. The number of carbonyl (C=O) groups is 1. The van der Waals surface area contributed by atoms with E-state index in [1.165, 1.54) is 11.1 Å². The molecular formula is C16H23N3OS2. The quantitative estimate of drug-likeness (QED) is 0.827. The van der Waals surface area contributed by atoms with Crippen LogP contribution in [-0.2, 0) is 17.8 Å². The number of nitrogens with two attached hydrogens (primary N) is 1. The van der Waals surface area contributed by atoms with Crippen LogP contribution in [0.1, 0.15) is 11.1 Å². The standard InChI is InChI=1S/C16H23N3OS2/c1-21-10-14(17)9-19-15(11-22-19)16(20)18-7-6-12-4-2-3-5-13(12)8-18/h2-5,14-15H,6-11,17H2,1H3/t14-,15+/m1/s1. The normalized spacial score (nSPS) is 22.8. The van der Waals surface area contributed by atoms with Crippen molar-refractivity contribution in [2.45, 2.75) is 25.0 Å². The third kappa shape index (κ3) is 3.45. The maximum atomic E-state index is 12.8. The largest absolute Gasteiger partial charge is 0.337 e. The van der Waals surface area contributed by atoms with Gasteiger partial charge >= 0.3 is 0 Å². The lowest BCUT2D eigenvalue weighted by atomic mass is 9.99. The topological polar surface area (TPSA) is 49.6 Å². The summed E-state index contributed by atoms with van der Waals surface area (Å²) in [6.45, 7) is 2.38. The first-order chi connectivity index (χ1) is 10.7. The van der Waals surface area contributed by atoms with Gasteiger partial charge in [0, 0.05) is 37.2 Å². The first-order valence-corrected chi connectivity index (χ1v) is 10.0. The fourth-order valence-corrected chi connectivity index (χ4v) is 4.59. The van der Waals surface area contributed by atoms with Crippen molar-refractivity contribution in [1.82, 2.24) is 9.21 Å². The Morgan fingerprint density at radius 3 is 2.91 bits per heavy atom. The molecule has 2 aliphatic heterocycles. The first kappa shape index (κ1) is 16.2. The van der Waals surface area contributed by atoms with Gasteiger partial charge in [0.2, 0.25) is 5.91 Å². The van der Waals surface area contributed by atoms with Gasteiger partial charge in [-0.3, -0.25) is 4.79 Å². The number of nitrogens with zero attached hydrogens (tertiary/aromatic N) is 2. The molecule has 1 saturated heterocycles. The van der Waals surface area contributed by atoms with Gasteiger partial charge in [0.05, 0.1) is 0 Å². The number of rotatable bonds is 5. The molecule has 0 aromatic heterocycles. The molecular weight excluding hydrogens is 314 g/mol. The highest BCUT2D eigenvalue weighted by atomic mass is 32.2. The van der Waals surface area contributed by atoms with Gasteiger partial charge in [0.15, 0.2) is 0 Å². The molecule has 1 fully saturated rings. The van der Waals surface area contributed by atoms with Crippen LogP contribution in [0, 0.1) is 0 Å². The zero-order valence-corrected chi connectivity index (χ0v) is 14.5. The molecule has 3 rings (SSSR count). The van der Waals surface area contributed by atoms with Gasteiger partial charge in [-0.1, -0.05) is 36.2 Å². The van der Waals surface area contributed by atoms with Crippen LogP contribution in [-0.4, -0.2) is 58.0 Å². The number of thioether (sulfide) groups is 1. The molecule has 2 aliphatic rings. The van der Waals surface area contributed by atoms with E-state index in [4.69, 9.17) is 5.73 Å². The van der Waals surface area contributed by atoms with Crippen LogP contribution < -0.4 is 5.73 Å². The predicted octanol–water partition coefficient (Wildman–Crippen LogP) is 1.59. The van der Waals surface area contributed by atoms with Gasteiger partial charge in [0.1, 0.15) is 6.04 Å². The molecule has 22 heavy (non-hydrogen) atoms. The Bertz CT molecular complexity index is 540. The van der Waals surface area contributed by atoms with E-state index in [0.29, 0.717) is 0 Å². The second-order valence-electron chi connectivity index (χ2n) is 5.91. The maximum Gasteiger partial charge on any atom is 0.242 e. The highest BCUT2D eigenvalue weighted by molar-refractivity contribution is 7.98. The molecule has 2 atom stereocenters. The summed E-state index contributed by atoms with van der Waals surface area (Å²) in [6.07, 6.45) is 3.03. The van der Waals surface area contributed by atoms with Crippen LogP contribution in [0.25, 0.3) is 0 Å². The van der Waals surface area contributed by atoms with Crippen LogP contribution in [0.15, 0.2) is 24.3 Å². The lowest BCUT2D eigenvalue weighted by Gasteiger charge is -2.42. The molecule has 0 radical (unpaired) electrons. The Labute approximate surface area is 140 Å². The summed E-state index contributed by atoms with van der Waals surface area (Å²) in [5.41, 5.74) is 8.77. The van der Waals surface area contributed by atoms with E-state index in [2.05, 4.69) is 34.8 Å². The first-order valence-electron chi connectivity index (χ1n) is 7.68. The summed E-state index contributed by atoms with van der Waals surface area (Å²) in [4.78, 5) is 14.8. The highest BCUT2D eigenvalue weighted by Crippen LogP contribution is 2.31. The Morgan fingerprint density at radius 2 is 2.23 bits per heavy atom. The summed E-state index contributed by atoms with van der Waals surface area (Å²) in [7, 11) is 0. The Hall–Kier alpha value is -0.690. The Kier molecular flexibility index (Phi) is 5.33. The summed E-state index contributed by atoms with van der Waals surface area (Å²) < 4.78 is 2.17. The molecule has 1 aromatic rings. The number of fused-ring (bicyclic) bond motifs is 1. The number of hydrogen-bond acceptors (Lipinski definition) is 5. The predicted molar refractivity (Wildman–Crippen MR) is 94.9 cm³/mol. The van der Waals surface area contributed by atoms with Crippen molar-refractivity contribution in [3.05, 3.63) is 35.4 Å². The number of carbonyl (C=O) groups excluding carboxylic acids is 1. The lowest BCUT2D eigenvalue weighted by molar-refractivity contribution is -0.136. The van der Waals surface area contributed by atoms with Gasteiger partial charge in [-0.05, 0) is 23.8 Å². The van der Waals surface area contributed by atoms with E-state index >= 15 is 0 Å². The van der Waals surface area contributed by atoms with Crippen molar-refractivity contribution in [2.24, 2.45) is 5.73 Å². The molecule has 0 spiro atoms. The van der Waals surface area contributed by atoms with Gasteiger partial charge in [-0.2, -0.15) is 11.8 Å². The van der Waals surface area contributed by atoms with E-state index < -0.39 is 0 Å². The van der Waals surface area contributed by atoms with Crippen molar-refractivity contribution in [1.29, 1.82) is 0 Å². The molecule has 1 aromatic carbocycles. The summed E-state index contributed by atoms with van der Waals surface area (Å²) in [6, 6.07) is 8.59.